The van der Waals surface area contributed by atoms with Gasteiger partial charge in [-0.05, 0) is 19.1 Å². The minimum Gasteiger partial charge on any atom is -0.493 e. The molecule has 23 heavy (non-hydrogen) atoms. The maximum Gasteiger partial charge on any atom is 0.231 e. The first-order valence-corrected chi connectivity index (χ1v) is 7.24. The predicted molar refractivity (Wildman–Crippen MR) is 93.8 cm³/mol. The van der Waals surface area contributed by atoms with Crippen molar-refractivity contribution in [1.29, 1.82) is 0 Å². The van der Waals surface area contributed by atoms with Gasteiger partial charge in [-0.1, -0.05) is 6.92 Å². The molecule has 6 nitrogen and oxygen atoms in total. The molecule has 132 valence electrons. The molecular formula is C16H27ClN2O4. The van der Waals surface area contributed by atoms with Crippen LogP contribution in [-0.4, -0.2) is 46.4 Å². The number of nitrogens with two attached hydrogens (primary N) is 1. The van der Waals surface area contributed by atoms with Crippen LogP contribution in [0.25, 0.3) is 0 Å². The van der Waals surface area contributed by atoms with Gasteiger partial charge >= 0.3 is 0 Å². The van der Waals surface area contributed by atoms with Crippen LogP contribution in [-0.2, 0) is 9.53 Å². The SMILES string of the molecule is COCCN(C(=O)C(C)C(C)N)c1ccc(OC)c(OC)c1.Cl. The van der Waals surface area contributed by atoms with Crippen molar-refractivity contribution < 1.29 is 19.0 Å². The summed E-state index contributed by atoms with van der Waals surface area (Å²) in [7, 11) is 4.74. The fourth-order valence-corrected chi connectivity index (χ4v) is 2.01. The molecule has 0 aliphatic heterocycles. The maximum atomic E-state index is 12.7. The zero-order valence-corrected chi connectivity index (χ0v) is 15.2. The molecule has 0 saturated heterocycles. The number of amides is 1. The zero-order chi connectivity index (χ0) is 16.7. The Morgan fingerprint density at radius 3 is 2.26 bits per heavy atom. The normalized spacial score (nSPS) is 12.8. The average molecular weight is 347 g/mol. The number of rotatable bonds is 8. The van der Waals surface area contributed by atoms with Crippen LogP contribution in [0.3, 0.4) is 0 Å². The molecule has 0 fully saturated rings. The Balaban J connectivity index is 0.00000484. The van der Waals surface area contributed by atoms with E-state index in [2.05, 4.69) is 0 Å². The Labute approximate surface area is 144 Å². The number of carbonyl (C=O) groups is 1. The molecule has 1 aromatic carbocycles. The van der Waals surface area contributed by atoms with E-state index in [0.29, 0.717) is 24.7 Å². The molecule has 0 spiro atoms. The minimum absolute atomic E-state index is 0. The Hall–Kier alpha value is -1.50. The number of hydrogen-bond donors (Lipinski definition) is 1. The first kappa shape index (κ1) is 21.5. The highest BCUT2D eigenvalue weighted by atomic mass is 35.5. The van der Waals surface area contributed by atoms with Crippen molar-refractivity contribution in [2.24, 2.45) is 11.7 Å². The van der Waals surface area contributed by atoms with Gasteiger partial charge in [-0.3, -0.25) is 4.79 Å². The first-order chi connectivity index (χ1) is 10.5. The van der Waals surface area contributed by atoms with Crippen molar-refractivity contribution in [3.8, 4) is 11.5 Å². The van der Waals surface area contributed by atoms with Crippen molar-refractivity contribution in [2.45, 2.75) is 19.9 Å². The number of nitrogens with zero attached hydrogens (tertiary/aromatic N) is 1. The number of carbonyl (C=O) groups excluding carboxylic acids is 1. The molecule has 1 amide bonds. The molecule has 1 rings (SSSR count). The summed E-state index contributed by atoms with van der Waals surface area (Å²) in [6.45, 7) is 4.53. The van der Waals surface area contributed by atoms with Gasteiger partial charge in [-0.2, -0.15) is 0 Å². The second-order valence-electron chi connectivity index (χ2n) is 5.17. The number of halogens is 1. The van der Waals surface area contributed by atoms with Crippen LogP contribution in [0.1, 0.15) is 13.8 Å². The van der Waals surface area contributed by atoms with Gasteiger partial charge in [0.1, 0.15) is 0 Å². The van der Waals surface area contributed by atoms with Gasteiger partial charge in [0.25, 0.3) is 0 Å². The van der Waals surface area contributed by atoms with E-state index in [-0.39, 0.29) is 30.3 Å². The zero-order valence-electron chi connectivity index (χ0n) is 14.4. The second-order valence-corrected chi connectivity index (χ2v) is 5.17. The third-order valence-electron chi connectivity index (χ3n) is 3.64. The van der Waals surface area contributed by atoms with Crippen molar-refractivity contribution in [3.63, 3.8) is 0 Å². The smallest absolute Gasteiger partial charge is 0.231 e. The van der Waals surface area contributed by atoms with E-state index < -0.39 is 0 Å². The quantitative estimate of drug-likeness (QED) is 0.780. The molecule has 7 heteroatoms. The first-order valence-electron chi connectivity index (χ1n) is 7.24. The van der Waals surface area contributed by atoms with E-state index in [4.69, 9.17) is 19.9 Å². The highest BCUT2D eigenvalue weighted by Crippen LogP contribution is 2.32. The van der Waals surface area contributed by atoms with Crippen LogP contribution in [0.2, 0.25) is 0 Å². The van der Waals surface area contributed by atoms with Crippen LogP contribution in [0.4, 0.5) is 5.69 Å². The summed E-state index contributed by atoms with van der Waals surface area (Å²) in [5.41, 5.74) is 6.59. The molecule has 0 aliphatic carbocycles. The number of ether oxygens (including phenoxy) is 3. The number of methoxy groups -OCH3 is 3. The lowest BCUT2D eigenvalue weighted by Gasteiger charge is -2.27. The van der Waals surface area contributed by atoms with E-state index in [1.807, 2.05) is 19.9 Å². The van der Waals surface area contributed by atoms with E-state index >= 15 is 0 Å². The average Bonchev–Trinajstić information content (AvgIpc) is 2.53. The van der Waals surface area contributed by atoms with Crippen molar-refractivity contribution in [3.05, 3.63) is 18.2 Å². The largest absolute Gasteiger partial charge is 0.493 e. The molecule has 2 unspecified atom stereocenters. The molecule has 2 N–H and O–H groups in total. The number of hydrogen-bond acceptors (Lipinski definition) is 5. The second kappa shape index (κ2) is 10.3. The third kappa shape index (κ3) is 5.57. The molecular weight excluding hydrogens is 320 g/mol. The Morgan fingerprint density at radius 2 is 1.78 bits per heavy atom. The summed E-state index contributed by atoms with van der Waals surface area (Å²) in [5, 5.41) is 0. The van der Waals surface area contributed by atoms with Crippen LogP contribution in [0.5, 0.6) is 11.5 Å². The van der Waals surface area contributed by atoms with E-state index in [1.165, 1.54) is 0 Å². The summed E-state index contributed by atoms with van der Waals surface area (Å²) < 4.78 is 15.6. The monoisotopic (exact) mass is 346 g/mol. The van der Waals surface area contributed by atoms with Crippen LogP contribution < -0.4 is 20.1 Å². The lowest BCUT2D eigenvalue weighted by Crippen LogP contribution is -2.43. The Morgan fingerprint density at radius 1 is 1.17 bits per heavy atom. The molecule has 2 atom stereocenters. The highest BCUT2D eigenvalue weighted by Gasteiger charge is 2.25. The van der Waals surface area contributed by atoms with E-state index in [9.17, 15) is 4.79 Å². The Kier molecular flexibility index (Phi) is 9.64. The lowest BCUT2D eigenvalue weighted by molar-refractivity contribution is -0.122. The minimum atomic E-state index is -0.287. The molecule has 0 bridgehead atoms. The maximum absolute atomic E-state index is 12.7. The van der Waals surface area contributed by atoms with Crippen molar-refractivity contribution in [2.75, 3.05) is 39.4 Å². The van der Waals surface area contributed by atoms with Crippen LogP contribution in [0.15, 0.2) is 18.2 Å². The predicted octanol–water partition coefficient (Wildman–Crippen LogP) is 2.09. The van der Waals surface area contributed by atoms with E-state index in [1.54, 1.807) is 38.4 Å². The summed E-state index contributed by atoms with van der Waals surface area (Å²) in [5.74, 6) is 0.860. The highest BCUT2D eigenvalue weighted by molar-refractivity contribution is 5.95. The fraction of sp³-hybridized carbons (Fsp3) is 0.562. The molecule has 0 aliphatic rings. The number of anilines is 1. The summed E-state index contributed by atoms with van der Waals surface area (Å²) >= 11 is 0. The van der Waals surface area contributed by atoms with E-state index in [0.717, 1.165) is 5.69 Å². The van der Waals surface area contributed by atoms with Gasteiger partial charge in [-0.25, -0.2) is 0 Å². The molecule has 0 aromatic heterocycles. The summed E-state index contributed by atoms with van der Waals surface area (Å²) in [4.78, 5) is 14.3. The van der Waals surface area contributed by atoms with Crippen molar-refractivity contribution in [1.82, 2.24) is 0 Å². The molecule has 0 heterocycles. The molecule has 0 radical (unpaired) electrons. The standard InChI is InChI=1S/C16H26N2O4.ClH/c1-11(12(2)17)16(19)18(8-9-20-3)13-6-7-14(21-4)15(10-13)22-5;/h6-7,10-12H,8-9,17H2,1-5H3;1H. The van der Waals surface area contributed by atoms with Gasteiger partial charge in [0, 0.05) is 31.5 Å². The fourth-order valence-electron chi connectivity index (χ4n) is 2.01. The van der Waals surface area contributed by atoms with Gasteiger partial charge in [0.05, 0.1) is 26.7 Å². The third-order valence-corrected chi connectivity index (χ3v) is 3.64. The summed E-state index contributed by atoms with van der Waals surface area (Å²) in [6.07, 6.45) is 0. The summed E-state index contributed by atoms with van der Waals surface area (Å²) in [6, 6.07) is 5.15. The molecule has 0 saturated carbocycles. The van der Waals surface area contributed by atoms with Crippen LogP contribution in [0, 0.1) is 5.92 Å². The van der Waals surface area contributed by atoms with Gasteiger partial charge in [0.2, 0.25) is 5.91 Å². The number of benzene rings is 1. The van der Waals surface area contributed by atoms with Gasteiger partial charge in [-0.15, -0.1) is 12.4 Å². The van der Waals surface area contributed by atoms with Crippen molar-refractivity contribution >= 4 is 24.0 Å². The lowest BCUT2D eigenvalue weighted by atomic mass is 10.0. The Bertz CT molecular complexity index is 497. The molecule has 1 aromatic rings. The topological polar surface area (TPSA) is 74.0 Å². The van der Waals surface area contributed by atoms with Crippen LogP contribution >= 0.6 is 12.4 Å². The van der Waals surface area contributed by atoms with Gasteiger partial charge in [0.15, 0.2) is 11.5 Å². The van der Waals surface area contributed by atoms with Gasteiger partial charge < -0.3 is 24.8 Å².